The first kappa shape index (κ1) is 16.7. The maximum atomic E-state index is 13.2. The molecule has 8 heteroatoms. The number of nitrogens with zero attached hydrogens (tertiary/aromatic N) is 4. The second-order valence-electron chi connectivity index (χ2n) is 5.53. The Bertz CT molecular complexity index is 1090. The van der Waals surface area contributed by atoms with E-state index in [0.29, 0.717) is 17.1 Å². The minimum Gasteiger partial charge on any atom is -0.256 e. The third-order valence-corrected chi connectivity index (χ3v) is 4.60. The Morgan fingerprint density at radius 3 is 2.42 bits per heavy atom. The molecule has 0 amide bonds. The van der Waals surface area contributed by atoms with E-state index < -0.39 is 11.7 Å². The molecule has 0 bridgehead atoms. The quantitative estimate of drug-likeness (QED) is 0.441. The van der Waals surface area contributed by atoms with E-state index in [2.05, 4.69) is 31.1 Å². The Kier molecular flexibility index (Phi) is 3.99. The zero-order valence-electron chi connectivity index (χ0n) is 13.1. The summed E-state index contributed by atoms with van der Waals surface area (Å²) < 4.78 is 41.2. The molecule has 0 aliphatic carbocycles. The van der Waals surface area contributed by atoms with Crippen LogP contribution in [0.5, 0.6) is 0 Å². The highest BCUT2D eigenvalue weighted by molar-refractivity contribution is 9.08. The summed E-state index contributed by atoms with van der Waals surface area (Å²) in [5.74, 6) is 0.565. The molecule has 1 aromatic carbocycles. The maximum Gasteiger partial charge on any atom is 0.418 e. The highest BCUT2D eigenvalue weighted by atomic mass is 79.9. The lowest BCUT2D eigenvalue weighted by molar-refractivity contribution is -0.137. The van der Waals surface area contributed by atoms with Crippen LogP contribution >= 0.6 is 16.1 Å². The lowest BCUT2D eigenvalue weighted by Gasteiger charge is -2.11. The van der Waals surface area contributed by atoms with Gasteiger partial charge < -0.3 is 0 Å². The average molecular weight is 419 g/mol. The molecule has 4 rings (SSSR count). The highest BCUT2D eigenvalue weighted by Gasteiger charge is 2.34. The molecule has 4 nitrogen and oxygen atoms in total. The predicted octanol–water partition coefficient (Wildman–Crippen LogP) is 5.34. The minimum atomic E-state index is -4.48. The van der Waals surface area contributed by atoms with Crippen LogP contribution in [-0.2, 0) is 6.18 Å². The first-order valence-electron chi connectivity index (χ1n) is 7.58. The van der Waals surface area contributed by atoms with Gasteiger partial charge in [0.05, 0.1) is 38.4 Å². The molecule has 0 atom stereocenters. The van der Waals surface area contributed by atoms with Crippen LogP contribution in [0.25, 0.3) is 33.8 Å². The molecule has 0 fully saturated rings. The summed E-state index contributed by atoms with van der Waals surface area (Å²) in [7, 11) is 0. The molecule has 0 saturated carbocycles. The van der Waals surface area contributed by atoms with Gasteiger partial charge in [-0.25, -0.2) is 4.98 Å². The smallest absolute Gasteiger partial charge is 0.256 e. The summed E-state index contributed by atoms with van der Waals surface area (Å²) in [6, 6.07) is 13.0. The lowest BCUT2D eigenvalue weighted by atomic mass is 10.1. The first-order valence-corrected chi connectivity index (χ1v) is 8.29. The Labute approximate surface area is 154 Å². The van der Waals surface area contributed by atoms with E-state index in [0.717, 1.165) is 17.1 Å². The maximum absolute atomic E-state index is 13.2. The van der Waals surface area contributed by atoms with Gasteiger partial charge in [-0.1, -0.05) is 12.1 Å². The van der Waals surface area contributed by atoms with E-state index in [4.69, 9.17) is 0 Å². The minimum absolute atomic E-state index is 0.147. The van der Waals surface area contributed by atoms with E-state index in [1.54, 1.807) is 15.7 Å². The Hall–Kier alpha value is -2.74. The molecule has 0 spiro atoms. The number of aromatic nitrogens is 4. The van der Waals surface area contributed by atoms with Gasteiger partial charge in [0.2, 0.25) is 0 Å². The third-order valence-electron chi connectivity index (χ3n) is 3.88. The standard InChI is InChI=1S/C18H10BrF3N4/c19-26-15-6-2-1-5-13(15)25-17(26)14-8-7-11(10-24-14)16-12(18(20,21)22)4-3-9-23-16/h1-10H. The number of alkyl halides is 3. The molecule has 0 aliphatic heterocycles. The SMILES string of the molecule is FC(F)(F)c1cccnc1-c1ccc(-c2nc3ccccc3n2Br)nc1. The molecule has 130 valence electrons. The molecular weight excluding hydrogens is 409 g/mol. The summed E-state index contributed by atoms with van der Waals surface area (Å²) >= 11 is 3.44. The number of halogens is 4. The fourth-order valence-electron chi connectivity index (χ4n) is 2.68. The number of imidazole rings is 1. The van der Waals surface area contributed by atoms with Gasteiger partial charge in [0.25, 0.3) is 0 Å². The predicted molar refractivity (Wildman–Crippen MR) is 95.5 cm³/mol. The van der Waals surface area contributed by atoms with Crippen LogP contribution in [-0.4, -0.2) is 18.5 Å². The van der Waals surface area contributed by atoms with Crippen molar-refractivity contribution < 1.29 is 13.2 Å². The van der Waals surface area contributed by atoms with Crippen molar-refractivity contribution in [3.05, 3.63) is 66.5 Å². The van der Waals surface area contributed by atoms with Crippen LogP contribution in [0.1, 0.15) is 5.56 Å². The van der Waals surface area contributed by atoms with Gasteiger partial charge in [-0.3, -0.25) is 13.6 Å². The van der Waals surface area contributed by atoms with E-state index in [9.17, 15) is 13.2 Å². The molecule has 0 N–H and O–H groups in total. The number of hydrogen-bond donors (Lipinski definition) is 0. The van der Waals surface area contributed by atoms with Crippen molar-refractivity contribution in [3.8, 4) is 22.8 Å². The molecule has 0 unspecified atom stereocenters. The van der Waals surface area contributed by atoms with Crippen LogP contribution in [0.15, 0.2) is 60.9 Å². The van der Waals surface area contributed by atoms with Crippen molar-refractivity contribution in [2.45, 2.75) is 6.18 Å². The topological polar surface area (TPSA) is 43.6 Å². The number of fused-ring (bicyclic) bond motifs is 1. The van der Waals surface area contributed by atoms with Crippen LogP contribution < -0.4 is 0 Å². The zero-order chi connectivity index (χ0) is 18.3. The molecule has 0 aliphatic rings. The zero-order valence-corrected chi connectivity index (χ0v) is 14.7. The Morgan fingerprint density at radius 1 is 0.923 bits per heavy atom. The van der Waals surface area contributed by atoms with Crippen LogP contribution in [0.4, 0.5) is 13.2 Å². The average Bonchev–Trinajstić information content (AvgIpc) is 2.98. The summed E-state index contributed by atoms with van der Waals surface area (Å²) in [6.45, 7) is 0. The van der Waals surface area contributed by atoms with Crippen molar-refractivity contribution in [1.29, 1.82) is 0 Å². The summed E-state index contributed by atoms with van der Waals surface area (Å²) in [4.78, 5) is 12.7. The van der Waals surface area contributed by atoms with Crippen molar-refractivity contribution in [2.75, 3.05) is 0 Å². The van der Waals surface area contributed by atoms with E-state index in [1.807, 2.05) is 24.3 Å². The van der Waals surface area contributed by atoms with Gasteiger partial charge in [0.15, 0.2) is 5.82 Å². The van der Waals surface area contributed by atoms with Crippen LogP contribution in [0, 0.1) is 0 Å². The molecule has 4 aromatic rings. The van der Waals surface area contributed by atoms with E-state index >= 15 is 0 Å². The molecule has 3 heterocycles. The number of rotatable bonds is 2. The van der Waals surface area contributed by atoms with Crippen molar-refractivity contribution in [2.24, 2.45) is 0 Å². The normalized spacial score (nSPS) is 11.8. The fraction of sp³-hybridized carbons (Fsp3) is 0.0556. The fourth-order valence-corrected chi connectivity index (χ4v) is 3.25. The highest BCUT2D eigenvalue weighted by Crippen LogP contribution is 2.36. The second kappa shape index (κ2) is 6.21. The monoisotopic (exact) mass is 418 g/mol. The Balaban J connectivity index is 1.77. The van der Waals surface area contributed by atoms with Gasteiger partial charge in [-0.05, 0) is 36.4 Å². The van der Waals surface area contributed by atoms with Crippen LogP contribution in [0.3, 0.4) is 0 Å². The van der Waals surface area contributed by atoms with Crippen molar-refractivity contribution >= 4 is 27.2 Å². The number of benzene rings is 1. The number of pyridine rings is 2. The number of hydrogen-bond acceptors (Lipinski definition) is 3. The van der Waals surface area contributed by atoms with Crippen molar-refractivity contribution in [3.63, 3.8) is 0 Å². The van der Waals surface area contributed by atoms with Gasteiger partial charge in [0, 0.05) is 18.0 Å². The van der Waals surface area contributed by atoms with Gasteiger partial charge in [-0.15, -0.1) is 0 Å². The Morgan fingerprint density at radius 2 is 1.73 bits per heavy atom. The van der Waals surface area contributed by atoms with Gasteiger partial charge in [-0.2, -0.15) is 13.2 Å². The van der Waals surface area contributed by atoms with E-state index in [1.165, 1.54) is 18.5 Å². The molecule has 26 heavy (non-hydrogen) atoms. The second-order valence-corrected chi connectivity index (χ2v) is 6.24. The summed E-state index contributed by atoms with van der Waals surface area (Å²) in [6.07, 6.45) is -1.78. The van der Waals surface area contributed by atoms with Gasteiger partial charge in [0.1, 0.15) is 5.69 Å². The molecule has 0 saturated heterocycles. The van der Waals surface area contributed by atoms with Gasteiger partial charge >= 0.3 is 6.18 Å². The first-order chi connectivity index (χ1) is 12.4. The largest absolute Gasteiger partial charge is 0.418 e. The van der Waals surface area contributed by atoms with Crippen molar-refractivity contribution in [1.82, 2.24) is 18.5 Å². The molecule has 3 aromatic heterocycles. The molecule has 0 radical (unpaired) electrons. The lowest BCUT2D eigenvalue weighted by Crippen LogP contribution is -2.08. The molecular formula is C18H10BrF3N4. The van der Waals surface area contributed by atoms with Crippen LogP contribution in [0.2, 0.25) is 0 Å². The summed E-state index contributed by atoms with van der Waals surface area (Å²) in [5, 5.41) is 0. The summed E-state index contributed by atoms with van der Waals surface area (Å²) in [5.41, 5.74) is 1.55. The third kappa shape index (κ3) is 2.86. The number of para-hydroxylation sites is 2. The van der Waals surface area contributed by atoms with E-state index in [-0.39, 0.29) is 5.69 Å².